The van der Waals surface area contributed by atoms with Gasteiger partial charge in [-0.3, -0.25) is 4.99 Å². The molecule has 5 heteroatoms. The maximum Gasteiger partial charge on any atom is 0.125 e. The molecule has 1 aliphatic rings. The van der Waals surface area contributed by atoms with Crippen LogP contribution in [0.4, 0.5) is 4.39 Å². The molecule has 0 aromatic rings. The summed E-state index contributed by atoms with van der Waals surface area (Å²) in [6, 6.07) is 0.476. The first kappa shape index (κ1) is 16.9. The van der Waals surface area contributed by atoms with E-state index in [1.165, 1.54) is 12.4 Å². The molecule has 0 amide bonds. The second-order valence-electron chi connectivity index (χ2n) is 5.27. The number of hydrogen-bond acceptors (Lipinski definition) is 4. The largest absolute Gasteiger partial charge is 0.401 e. The van der Waals surface area contributed by atoms with Crippen LogP contribution >= 0.6 is 0 Å². The minimum atomic E-state index is -0.563. The van der Waals surface area contributed by atoms with Crippen molar-refractivity contribution in [2.45, 2.75) is 44.4 Å². The van der Waals surface area contributed by atoms with Crippen LogP contribution in [0, 0.1) is 0 Å². The van der Waals surface area contributed by atoms with Crippen LogP contribution in [-0.4, -0.2) is 49.6 Å². The standard InChI is InChI=1S/C15H26FN3O/c1-4-15-10-14(9-12(2)20-15)19(3)8-5-13(17)11-18-7-6-16/h4,7,11-12,14-15H,1,5-6,8-10,17H2,2-3H3/b13-11-,18-7?/t12-,14?,15+/m1/s1. The fraction of sp³-hybridized carbons (Fsp3) is 0.667. The number of rotatable bonds is 7. The van der Waals surface area contributed by atoms with Crippen LogP contribution in [0.15, 0.2) is 29.5 Å². The number of alkyl halides is 1. The number of nitrogens with zero attached hydrogens (tertiary/aromatic N) is 2. The van der Waals surface area contributed by atoms with E-state index in [9.17, 15) is 4.39 Å². The molecule has 1 fully saturated rings. The molecule has 20 heavy (non-hydrogen) atoms. The normalized spacial score (nSPS) is 28.2. The van der Waals surface area contributed by atoms with Crippen LogP contribution in [0.1, 0.15) is 26.2 Å². The summed E-state index contributed by atoms with van der Waals surface area (Å²) >= 11 is 0. The summed E-state index contributed by atoms with van der Waals surface area (Å²) in [4.78, 5) is 6.08. The molecule has 1 saturated heterocycles. The zero-order valence-corrected chi connectivity index (χ0v) is 12.5. The van der Waals surface area contributed by atoms with E-state index in [1.807, 2.05) is 6.08 Å². The van der Waals surface area contributed by atoms with Crippen molar-refractivity contribution in [3.63, 3.8) is 0 Å². The fourth-order valence-corrected chi connectivity index (χ4v) is 2.41. The molecule has 2 N–H and O–H groups in total. The van der Waals surface area contributed by atoms with E-state index in [-0.39, 0.29) is 12.2 Å². The lowest BCUT2D eigenvalue weighted by atomic mass is 9.97. The molecule has 4 nitrogen and oxygen atoms in total. The monoisotopic (exact) mass is 283 g/mol. The molecule has 0 aromatic heterocycles. The van der Waals surface area contributed by atoms with Crippen molar-refractivity contribution < 1.29 is 9.13 Å². The van der Waals surface area contributed by atoms with Crippen LogP contribution in [0.3, 0.4) is 0 Å². The maximum absolute atomic E-state index is 11.9. The van der Waals surface area contributed by atoms with Gasteiger partial charge in [0.2, 0.25) is 0 Å². The minimum absolute atomic E-state index is 0.133. The number of nitrogens with two attached hydrogens (primary N) is 1. The molecule has 1 aliphatic heterocycles. The van der Waals surface area contributed by atoms with Crippen LogP contribution < -0.4 is 5.73 Å². The Bertz CT molecular complexity index is 357. The smallest absolute Gasteiger partial charge is 0.125 e. The predicted octanol–water partition coefficient (Wildman–Crippen LogP) is 2.27. The van der Waals surface area contributed by atoms with Gasteiger partial charge in [0.15, 0.2) is 0 Å². The highest BCUT2D eigenvalue weighted by Crippen LogP contribution is 2.23. The van der Waals surface area contributed by atoms with Crippen molar-refractivity contribution >= 4 is 6.21 Å². The van der Waals surface area contributed by atoms with Gasteiger partial charge in [-0.2, -0.15) is 0 Å². The Morgan fingerprint density at radius 3 is 2.95 bits per heavy atom. The van der Waals surface area contributed by atoms with Crippen molar-refractivity contribution in [1.82, 2.24) is 4.90 Å². The summed E-state index contributed by atoms with van der Waals surface area (Å²) in [6.45, 7) is 6.20. The zero-order chi connectivity index (χ0) is 15.0. The van der Waals surface area contributed by atoms with E-state index in [4.69, 9.17) is 10.5 Å². The van der Waals surface area contributed by atoms with E-state index in [2.05, 4.69) is 30.4 Å². The Labute approximate surface area is 121 Å². The van der Waals surface area contributed by atoms with Crippen LogP contribution in [0.5, 0.6) is 0 Å². The third-order valence-corrected chi connectivity index (χ3v) is 3.57. The SMILES string of the molecule is C=C[C@H]1CC(N(C)CC/C(N)=C/N=CCF)C[C@@H](C)O1. The summed E-state index contributed by atoms with van der Waals surface area (Å²) in [5.74, 6) is 0. The molecule has 0 saturated carbocycles. The highest BCUT2D eigenvalue weighted by atomic mass is 19.1. The van der Waals surface area contributed by atoms with Gasteiger partial charge in [-0.05, 0) is 26.8 Å². The number of ether oxygens (including phenoxy) is 1. The molecule has 0 aromatic carbocycles. The molecule has 0 radical (unpaired) electrons. The van der Waals surface area contributed by atoms with Crippen molar-refractivity contribution in [3.8, 4) is 0 Å². The van der Waals surface area contributed by atoms with Gasteiger partial charge in [0.05, 0.1) is 12.2 Å². The first-order valence-electron chi connectivity index (χ1n) is 7.07. The third kappa shape index (κ3) is 5.84. The molecule has 1 unspecified atom stereocenters. The number of hydrogen-bond donors (Lipinski definition) is 1. The second kappa shape index (κ2) is 8.87. The van der Waals surface area contributed by atoms with E-state index in [0.29, 0.717) is 11.7 Å². The maximum atomic E-state index is 11.9. The lowest BCUT2D eigenvalue weighted by Crippen LogP contribution is -2.43. The molecule has 1 rings (SSSR count). The van der Waals surface area contributed by atoms with Gasteiger partial charge < -0.3 is 15.4 Å². The first-order valence-corrected chi connectivity index (χ1v) is 7.07. The summed E-state index contributed by atoms with van der Waals surface area (Å²) < 4.78 is 17.6. The van der Waals surface area contributed by atoms with E-state index in [1.54, 1.807) is 0 Å². The lowest BCUT2D eigenvalue weighted by Gasteiger charge is -2.37. The average molecular weight is 283 g/mol. The van der Waals surface area contributed by atoms with Crippen LogP contribution in [0.25, 0.3) is 0 Å². The van der Waals surface area contributed by atoms with Gasteiger partial charge in [-0.25, -0.2) is 4.39 Å². The highest BCUT2D eigenvalue weighted by Gasteiger charge is 2.27. The van der Waals surface area contributed by atoms with Gasteiger partial charge in [-0.15, -0.1) is 6.58 Å². The first-order chi connectivity index (χ1) is 9.56. The average Bonchev–Trinajstić information content (AvgIpc) is 2.44. The van der Waals surface area contributed by atoms with E-state index < -0.39 is 6.67 Å². The molecule has 0 bridgehead atoms. The van der Waals surface area contributed by atoms with Crippen LogP contribution in [0.2, 0.25) is 0 Å². The topological polar surface area (TPSA) is 50.8 Å². The van der Waals surface area contributed by atoms with Gasteiger partial charge >= 0.3 is 0 Å². The predicted molar refractivity (Wildman–Crippen MR) is 81.5 cm³/mol. The van der Waals surface area contributed by atoms with Gasteiger partial charge in [0.1, 0.15) is 6.67 Å². The molecule has 1 heterocycles. The molecule has 114 valence electrons. The molecular formula is C15H26FN3O. The van der Waals surface area contributed by atoms with E-state index >= 15 is 0 Å². The van der Waals surface area contributed by atoms with Crippen LogP contribution in [-0.2, 0) is 4.74 Å². The Morgan fingerprint density at radius 1 is 1.55 bits per heavy atom. The molecule has 0 spiro atoms. The Hall–Kier alpha value is -1.20. The highest BCUT2D eigenvalue weighted by molar-refractivity contribution is 5.59. The summed E-state index contributed by atoms with van der Waals surface area (Å²) in [5.41, 5.74) is 6.50. The summed E-state index contributed by atoms with van der Waals surface area (Å²) in [7, 11) is 2.10. The summed E-state index contributed by atoms with van der Waals surface area (Å²) in [6.07, 6.45) is 7.69. The van der Waals surface area contributed by atoms with Crippen molar-refractivity contribution in [2.24, 2.45) is 10.7 Å². The molecule has 0 aliphatic carbocycles. The minimum Gasteiger partial charge on any atom is -0.401 e. The van der Waals surface area contributed by atoms with Gasteiger partial charge in [-0.1, -0.05) is 6.08 Å². The van der Waals surface area contributed by atoms with Crippen molar-refractivity contribution in [1.29, 1.82) is 0 Å². The molecule has 3 atom stereocenters. The zero-order valence-electron chi connectivity index (χ0n) is 12.5. The summed E-state index contributed by atoms with van der Waals surface area (Å²) in [5, 5.41) is 0. The third-order valence-electron chi connectivity index (χ3n) is 3.57. The lowest BCUT2D eigenvalue weighted by molar-refractivity contribution is -0.0478. The number of halogens is 1. The second-order valence-corrected chi connectivity index (χ2v) is 5.27. The fourth-order valence-electron chi connectivity index (χ4n) is 2.41. The molecular weight excluding hydrogens is 257 g/mol. The Morgan fingerprint density at radius 2 is 2.30 bits per heavy atom. The van der Waals surface area contributed by atoms with E-state index in [0.717, 1.165) is 25.8 Å². The van der Waals surface area contributed by atoms with Crippen molar-refractivity contribution in [3.05, 3.63) is 24.6 Å². The van der Waals surface area contributed by atoms with Crippen molar-refractivity contribution in [2.75, 3.05) is 20.3 Å². The Kier molecular flexibility index (Phi) is 7.47. The number of aliphatic imine (C=N–C) groups is 1. The quantitative estimate of drug-likeness (QED) is 0.576. The van der Waals surface area contributed by atoms with Gasteiger partial charge in [0.25, 0.3) is 0 Å². The Balaban J connectivity index is 2.41. The van der Waals surface area contributed by atoms with Gasteiger partial charge in [0, 0.05) is 37.1 Å².